The number of carbonyl (C=O) groups is 1. The lowest BCUT2D eigenvalue weighted by Crippen LogP contribution is -2.35. The van der Waals surface area contributed by atoms with Gasteiger partial charge in [0.1, 0.15) is 0 Å². The molecule has 4 rings (SSSR count). The van der Waals surface area contributed by atoms with Crippen molar-refractivity contribution < 1.29 is 14.6 Å². The number of hydrogen-bond donors (Lipinski definition) is 2. The number of ether oxygens (including phenoxy) is 1. The lowest BCUT2D eigenvalue weighted by Gasteiger charge is -2.26. The molecule has 2 heterocycles. The van der Waals surface area contributed by atoms with E-state index in [0.717, 1.165) is 49.5 Å². The fraction of sp³-hybridized carbons (Fsp3) is 0.263. The Morgan fingerprint density at radius 1 is 1.16 bits per heavy atom. The number of H-pyrrole nitrogens is 1. The van der Waals surface area contributed by atoms with E-state index in [1.165, 1.54) is 5.56 Å². The Bertz CT molecular complexity index is 896. The summed E-state index contributed by atoms with van der Waals surface area (Å²) in [6.07, 6.45) is 0. The molecule has 0 atom stereocenters. The third-order valence-corrected chi connectivity index (χ3v) is 4.57. The van der Waals surface area contributed by atoms with E-state index < -0.39 is 5.97 Å². The van der Waals surface area contributed by atoms with Crippen LogP contribution >= 0.6 is 0 Å². The average Bonchev–Trinajstić information content (AvgIpc) is 3.07. The molecule has 0 saturated carbocycles. The SMILES string of the molecule is O=C(O)c1cccc2c(-c3ccc(CN4CCOCC4)cc3)n[nH]c12. The van der Waals surface area contributed by atoms with Crippen LogP contribution in [0.15, 0.2) is 42.5 Å². The number of nitrogens with one attached hydrogen (secondary N) is 1. The maximum atomic E-state index is 11.3. The number of nitrogens with zero attached hydrogens (tertiary/aromatic N) is 2. The molecule has 1 aromatic heterocycles. The molecule has 2 N–H and O–H groups in total. The number of aromatic amines is 1. The van der Waals surface area contributed by atoms with Gasteiger partial charge in [0.15, 0.2) is 0 Å². The maximum Gasteiger partial charge on any atom is 0.337 e. The van der Waals surface area contributed by atoms with Crippen molar-refractivity contribution in [2.45, 2.75) is 6.54 Å². The summed E-state index contributed by atoms with van der Waals surface area (Å²) in [4.78, 5) is 13.7. The van der Waals surface area contributed by atoms with E-state index in [1.54, 1.807) is 12.1 Å². The highest BCUT2D eigenvalue weighted by molar-refractivity contribution is 6.05. The zero-order chi connectivity index (χ0) is 17.2. The van der Waals surface area contributed by atoms with Crippen LogP contribution in [0.3, 0.4) is 0 Å². The van der Waals surface area contributed by atoms with Gasteiger partial charge >= 0.3 is 5.97 Å². The fourth-order valence-corrected chi connectivity index (χ4v) is 3.23. The summed E-state index contributed by atoms with van der Waals surface area (Å²) in [5.41, 5.74) is 3.79. The van der Waals surface area contributed by atoms with Gasteiger partial charge in [0.05, 0.1) is 30.0 Å². The first-order valence-electron chi connectivity index (χ1n) is 8.32. The quantitative estimate of drug-likeness (QED) is 0.765. The molecule has 6 nitrogen and oxygen atoms in total. The number of fused-ring (bicyclic) bond motifs is 1. The van der Waals surface area contributed by atoms with Crippen LogP contribution in [0.25, 0.3) is 22.2 Å². The Morgan fingerprint density at radius 3 is 2.64 bits per heavy atom. The van der Waals surface area contributed by atoms with Gasteiger partial charge in [-0.15, -0.1) is 0 Å². The molecule has 0 aliphatic carbocycles. The average molecular weight is 337 g/mol. The van der Waals surface area contributed by atoms with Gasteiger partial charge in [-0.05, 0) is 11.6 Å². The van der Waals surface area contributed by atoms with Gasteiger partial charge in [0.2, 0.25) is 0 Å². The molecule has 3 aromatic rings. The Labute approximate surface area is 145 Å². The third-order valence-electron chi connectivity index (χ3n) is 4.57. The number of aromatic nitrogens is 2. The predicted molar refractivity (Wildman–Crippen MR) is 94.6 cm³/mol. The summed E-state index contributed by atoms with van der Waals surface area (Å²) in [6, 6.07) is 13.5. The lowest BCUT2D eigenvalue weighted by atomic mass is 10.0. The molecule has 0 bridgehead atoms. The Morgan fingerprint density at radius 2 is 1.92 bits per heavy atom. The molecule has 25 heavy (non-hydrogen) atoms. The van der Waals surface area contributed by atoms with Crippen LogP contribution in [-0.4, -0.2) is 52.5 Å². The van der Waals surface area contributed by atoms with Crippen LogP contribution in [-0.2, 0) is 11.3 Å². The minimum atomic E-state index is -0.957. The van der Waals surface area contributed by atoms with E-state index in [0.29, 0.717) is 5.52 Å². The minimum Gasteiger partial charge on any atom is -0.478 e. The van der Waals surface area contributed by atoms with Crippen LogP contribution in [0.1, 0.15) is 15.9 Å². The largest absolute Gasteiger partial charge is 0.478 e. The topological polar surface area (TPSA) is 78.4 Å². The molecule has 0 amide bonds. The van der Waals surface area contributed by atoms with Crippen molar-refractivity contribution in [1.82, 2.24) is 15.1 Å². The van der Waals surface area contributed by atoms with E-state index in [4.69, 9.17) is 4.74 Å². The van der Waals surface area contributed by atoms with Crippen LogP contribution in [0.4, 0.5) is 0 Å². The lowest BCUT2D eigenvalue weighted by molar-refractivity contribution is 0.0342. The van der Waals surface area contributed by atoms with Crippen LogP contribution in [0.2, 0.25) is 0 Å². The summed E-state index contributed by atoms with van der Waals surface area (Å²) in [5, 5.41) is 17.3. The summed E-state index contributed by atoms with van der Waals surface area (Å²) in [7, 11) is 0. The maximum absolute atomic E-state index is 11.3. The highest BCUT2D eigenvalue weighted by atomic mass is 16.5. The van der Waals surface area contributed by atoms with Crippen molar-refractivity contribution in [2.75, 3.05) is 26.3 Å². The molecular formula is C19H19N3O3. The highest BCUT2D eigenvalue weighted by Crippen LogP contribution is 2.28. The first-order valence-corrected chi connectivity index (χ1v) is 8.32. The van der Waals surface area contributed by atoms with Crippen molar-refractivity contribution in [2.24, 2.45) is 0 Å². The number of hydrogen-bond acceptors (Lipinski definition) is 4. The molecule has 1 aliphatic rings. The van der Waals surface area contributed by atoms with Crippen molar-refractivity contribution >= 4 is 16.9 Å². The molecule has 1 aliphatic heterocycles. The van der Waals surface area contributed by atoms with E-state index in [9.17, 15) is 9.90 Å². The van der Waals surface area contributed by atoms with Gasteiger partial charge in [0.25, 0.3) is 0 Å². The van der Waals surface area contributed by atoms with Crippen LogP contribution < -0.4 is 0 Å². The number of carboxylic acids is 1. The molecular weight excluding hydrogens is 318 g/mol. The van der Waals surface area contributed by atoms with Gasteiger partial charge in [-0.2, -0.15) is 5.10 Å². The van der Waals surface area contributed by atoms with E-state index in [2.05, 4.69) is 27.2 Å². The van der Waals surface area contributed by atoms with Gasteiger partial charge < -0.3 is 9.84 Å². The monoisotopic (exact) mass is 337 g/mol. The second kappa shape index (κ2) is 6.66. The zero-order valence-corrected chi connectivity index (χ0v) is 13.7. The smallest absolute Gasteiger partial charge is 0.337 e. The molecule has 1 saturated heterocycles. The second-order valence-electron chi connectivity index (χ2n) is 6.19. The van der Waals surface area contributed by atoms with Crippen LogP contribution in [0.5, 0.6) is 0 Å². The number of carboxylic acid groups (broad SMARTS) is 1. The highest BCUT2D eigenvalue weighted by Gasteiger charge is 2.15. The van der Waals surface area contributed by atoms with Gasteiger partial charge in [0, 0.05) is 30.6 Å². The standard InChI is InChI=1S/C19H19N3O3/c23-19(24)16-3-1-2-15-17(20-21-18(15)16)14-6-4-13(5-7-14)12-22-8-10-25-11-9-22/h1-7H,8-12H2,(H,20,21)(H,23,24). The molecule has 0 radical (unpaired) electrons. The van der Waals surface area contributed by atoms with E-state index in [1.807, 2.05) is 18.2 Å². The third kappa shape index (κ3) is 3.14. The Balaban J connectivity index is 1.61. The zero-order valence-electron chi connectivity index (χ0n) is 13.7. The van der Waals surface area contributed by atoms with Gasteiger partial charge in [-0.3, -0.25) is 10.00 Å². The number of aromatic carboxylic acids is 1. The fourth-order valence-electron chi connectivity index (χ4n) is 3.23. The molecule has 6 heteroatoms. The first kappa shape index (κ1) is 15.8. The molecule has 0 unspecified atom stereocenters. The van der Waals surface area contributed by atoms with E-state index in [-0.39, 0.29) is 5.56 Å². The second-order valence-corrected chi connectivity index (χ2v) is 6.19. The summed E-state index contributed by atoms with van der Waals surface area (Å²) in [5.74, 6) is -0.957. The summed E-state index contributed by atoms with van der Waals surface area (Å²) < 4.78 is 5.38. The Kier molecular flexibility index (Phi) is 4.21. The van der Waals surface area contributed by atoms with Gasteiger partial charge in [-0.25, -0.2) is 4.79 Å². The molecule has 1 fully saturated rings. The molecule has 2 aromatic carbocycles. The minimum absolute atomic E-state index is 0.236. The number of para-hydroxylation sites is 1. The van der Waals surface area contributed by atoms with Crippen LogP contribution in [0, 0.1) is 0 Å². The van der Waals surface area contributed by atoms with Crippen molar-refractivity contribution in [1.29, 1.82) is 0 Å². The van der Waals surface area contributed by atoms with Gasteiger partial charge in [-0.1, -0.05) is 36.4 Å². The molecule has 128 valence electrons. The normalized spacial score (nSPS) is 15.5. The predicted octanol–water partition coefficient (Wildman–Crippen LogP) is 2.76. The summed E-state index contributed by atoms with van der Waals surface area (Å²) >= 11 is 0. The number of morpholine rings is 1. The van der Waals surface area contributed by atoms with E-state index >= 15 is 0 Å². The van der Waals surface area contributed by atoms with Crippen molar-refractivity contribution in [3.63, 3.8) is 0 Å². The number of rotatable bonds is 4. The molecule has 0 spiro atoms. The summed E-state index contributed by atoms with van der Waals surface area (Å²) in [6.45, 7) is 4.42. The Hall–Kier alpha value is -2.70. The number of benzene rings is 2. The first-order chi connectivity index (χ1) is 12.2. The van der Waals surface area contributed by atoms with Crippen molar-refractivity contribution in [3.05, 3.63) is 53.6 Å². The van der Waals surface area contributed by atoms with Crippen molar-refractivity contribution in [3.8, 4) is 11.3 Å².